The number of carboxylic acids is 1. The molecular formula is C12H15N3O2S. The SMILES string of the molecule is CCN(c1ncnc2ccsc12)C(C)CC(=O)O. The largest absolute Gasteiger partial charge is 0.481 e. The van der Waals surface area contributed by atoms with E-state index in [1.165, 1.54) is 6.33 Å². The Hall–Kier alpha value is -1.69. The number of rotatable bonds is 5. The Labute approximate surface area is 109 Å². The summed E-state index contributed by atoms with van der Waals surface area (Å²) in [4.78, 5) is 21.3. The highest BCUT2D eigenvalue weighted by Gasteiger charge is 2.19. The molecule has 0 saturated heterocycles. The van der Waals surface area contributed by atoms with Crippen LogP contribution in [-0.4, -0.2) is 33.6 Å². The molecule has 0 aliphatic carbocycles. The molecule has 0 radical (unpaired) electrons. The van der Waals surface area contributed by atoms with Crippen molar-refractivity contribution in [3.05, 3.63) is 17.8 Å². The highest BCUT2D eigenvalue weighted by molar-refractivity contribution is 7.17. The highest BCUT2D eigenvalue weighted by Crippen LogP contribution is 2.29. The molecule has 0 amide bonds. The number of carboxylic acid groups (broad SMARTS) is 1. The summed E-state index contributed by atoms with van der Waals surface area (Å²) in [6, 6.07) is 1.86. The normalized spacial score (nSPS) is 12.6. The predicted molar refractivity (Wildman–Crippen MR) is 72.1 cm³/mol. The van der Waals surface area contributed by atoms with Crippen molar-refractivity contribution in [3.63, 3.8) is 0 Å². The summed E-state index contributed by atoms with van der Waals surface area (Å²) in [5, 5.41) is 10.9. The molecule has 1 atom stereocenters. The van der Waals surface area contributed by atoms with Gasteiger partial charge in [0.25, 0.3) is 0 Å². The first-order valence-corrected chi connectivity index (χ1v) is 6.68. The number of carbonyl (C=O) groups is 1. The van der Waals surface area contributed by atoms with Crippen LogP contribution in [0, 0.1) is 0 Å². The van der Waals surface area contributed by atoms with E-state index in [0.29, 0.717) is 0 Å². The van der Waals surface area contributed by atoms with Gasteiger partial charge in [-0.25, -0.2) is 9.97 Å². The molecular weight excluding hydrogens is 250 g/mol. The molecule has 0 saturated carbocycles. The van der Waals surface area contributed by atoms with Gasteiger partial charge in [-0.3, -0.25) is 4.79 Å². The molecule has 6 heteroatoms. The Kier molecular flexibility index (Phi) is 3.76. The van der Waals surface area contributed by atoms with E-state index in [9.17, 15) is 4.79 Å². The van der Waals surface area contributed by atoms with E-state index in [2.05, 4.69) is 9.97 Å². The third-order valence-corrected chi connectivity index (χ3v) is 3.74. The summed E-state index contributed by atoms with van der Waals surface area (Å²) >= 11 is 1.58. The van der Waals surface area contributed by atoms with E-state index >= 15 is 0 Å². The van der Waals surface area contributed by atoms with Crippen molar-refractivity contribution in [3.8, 4) is 0 Å². The number of aliphatic carboxylic acids is 1. The van der Waals surface area contributed by atoms with E-state index in [-0.39, 0.29) is 12.5 Å². The monoisotopic (exact) mass is 265 g/mol. The molecule has 0 aliphatic heterocycles. The molecule has 0 spiro atoms. The van der Waals surface area contributed by atoms with E-state index in [4.69, 9.17) is 5.11 Å². The first kappa shape index (κ1) is 12.8. The summed E-state index contributed by atoms with van der Waals surface area (Å²) in [6.07, 6.45) is 1.63. The Bertz CT molecular complexity index is 555. The summed E-state index contributed by atoms with van der Waals surface area (Å²) in [6.45, 7) is 4.62. The maximum absolute atomic E-state index is 10.8. The summed E-state index contributed by atoms with van der Waals surface area (Å²) in [5.74, 6) is 0.0312. The summed E-state index contributed by atoms with van der Waals surface area (Å²) in [5.41, 5.74) is 0.908. The fraction of sp³-hybridized carbons (Fsp3) is 0.417. The molecule has 18 heavy (non-hydrogen) atoms. The standard InChI is InChI=1S/C12H15N3O2S/c1-3-15(8(2)6-10(16)17)12-11-9(4-5-18-11)13-7-14-12/h4-5,7-8H,3,6H2,1-2H3,(H,16,17). The zero-order valence-corrected chi connectivity index (χ0v) is 11.1. The van der Waals surface area contributed by atoms with Crippen molar-refractivity contribution in [2.75, 3.05) is 11.4 Å². The zero-order valence-electron chi connectivity index (χ0n) is 10.3. The molecule has 2 aromatic rings. The number of fused-ring (bicyclic) bond motifs is 1. The maximum atomic E-state index is 10.8. The molecule has 0 aliphatic rings. The average molecular weight is 265 g/mol. The number of aromatic nitrogens is 2. The van der Waals surface area contributed by atoms with Crippen LogP contribution >= 0.6 is 11.3 Å². The van der Waals surface area contributed by atoms with Crippen LogP contribution in [0.2, 0.25) is 0 Å². The van der Waals surface area contributed by atoms with E-state index in [0.717, 1.165) is 22.6 Å². The second-order valence-corrected chi connectivity index (χ2v) is 4.98. The highest BCUT2D eigenvalue weighted by atomic mass is 32.1. The van der Waals surface area contributed by atoms with Gasteiger partial charge >= 0.3 is 5.97 Å². The van der Waals surface area contributed by atoms with Crippen LogP contribution in [0.3, 0.4) is 0 Å². The van der Waals surface area contributed by atoms with Crippen LogP contribution in [0.4, 0.5) is 5.82 Å². The van der Waals surface area contributed by atoms with E-state index < -0.39 is 5.97 Å². The Morgan fingerprint density at radius 3 is 3.00 bits per heavy atom. The first-order chi connectivity index (χ1) is 8.63. The first-order valence-electron chi connectivity index (χ1n) is 5.80. The van der Waals surface area contributed by atoms with Gasteiger partial charge in [0.1, 0.15) is 12.1 Å². The van der Waals surface area contributed by atoms with Gasteiger partial charge in [0, 0.05) is 12.6 Å². The van der Waals surface area contributed by atoms with Gasteiger partial charge in [-0.2, -0.15) is 0 Å². The number of nitrogens with zero attached hydrogens (tertiary/aromatic N) is 3. The second kappa shape index (κ2) is 5.30. The molecule has 5 nitrogen and oxygen atoms in total. The lowest BCUT2D eigenvalue weighted by Crippen LogP contribution is -2.35. The van der Waals surface area contributed by atoms with Crippen LogP contribution in [0.25, 0.3) is 10.2 Å². The van der Waals surface area contributed by atoms with Crippen LogP contribution < -0.4 is 4.90 Å². The van der Waals surface area contributed by atoms with E-state index in [1.807, 2.05) is 30.2 Å². The molecule has 0 aromatic carbocycles. The number of hydrogen-bond donors (Lipinski definition) is 1. The van der Waals surface area contributed by atoms with Crippen LogP contribution in [-0.2, 0) is 4.79 Å². The Morgan fingerprint density at radius 2 is 2.33 bits per heavy atom. The summed E-state index contributed by atoms with van der Waals surface area (Å²) < 4.78 is 1.01. The van der Waals surface area contributed by atoms with Crippen LogP contribution in [0.15, 0.2) is 17.8 Å². The lowest BCUT2D eigenvalue weighted by atomic mass is 10.2. The van der Waals surface area contributed by atoms with Crippen LogP contribution in [0.1, 0.15) is 20.3 Å². The zero-order chi connectivity index (χ0) is 13.1. The molecule has 2 rings (SSSR count). The van der Waals surface area contributed by atoms with E-state index in [1.54, 1.807) is 11.3 Å². The third-order valence-electron chi connectivity index (χ3n) is 2.84. The Morgan fingerprint density at radius 1 is 1.56 bits per heavy atom. The topological polar surface area (TPSA) is 66.3 Å². The van der Waals surface area contributed by atoms with Crippen molar-refractivity contribution in [2.24, 2.45) is 0 Å². The van der Waals surface area contributed by atoms with Crippen molar-refractivity contribution >= 4 is 33.3 Å². The maximum Gasteiger partial charge on any atom is 0.305 e. The lowest BCUT2D eigenvalue weighted by molar-refractivity contribution is -0.137. The molecule has 2 aromatic heterocycles. The Balaban J connectivity index is 2.37. The minimum atomic E-state index is -0.794. The van der Waals surface area contributed by atoms with Gasteiger partial charge in [0.15, 0.2) is 0 Å². The molecule has 96 valence electrons. The van der Waals surface area contributed by atoms with Gasteiger partial charge in [-0.15, -0.1) is 11.3 Å². The molecule has 0 bridgehead atoms. The molecule has 2 heterocycles. The number of thiophene rings is 1. The van der Waals surface area contributed by atoms with Gasteiger partial charge in [-0.05, 0) is 25.3 Å². The van der Waals surface area contributed by atoms with Gasteiger partial charge in [0.2, 0.25) is 0 Å². The summed E-state index contributed by atoms with van der Waals surface area (Å²) in [7, 11) is 0. The smallest absolute Gasteiger partial charge is 0.305 e. The number of hydrogen-bond acceptors (Lipinski definition) is 5. The van der Waals surface area contributed by atoms with Crippen molar-refractivity contribution < 1.29 is 9.90 Å². The molecule has 1 unspecified atom stereocenters. The fourth-order valence-electron chi connectivity index (χ4n) is 2.01. The second-order valence-electron chi connectivity index (χ2n) is 4.07. The average Bonchev–Trinajstić information content (AvgIpc) is 2.77. The lowest BCUT2D eigenvalue weighted by Gasteiger charge is -2.28. The van der Waals surface area contributed by atoms with Crippen molar-refractivity contribution in [2.45, 2.75) is 26.3 Å². The van der Waals surface area contributed by atoms with Crippen molar-refractivity contribution in [1.29, 1.82) is 0 Å². The van der Waals surface area contributed by atoms with Gasteiger partial charge < -0.3 is 10.0 Å². The number of anilines is 1. The quantitative estimate of drug-likeness (QED) is 0.899. The van der Waals surface area contributed by atoms with Crippen LogP contribution in [0.5, 0.6) is 0 Å². The predicted octanol–water partition coefficient (Wildman–Crippen LogP) is 2.38. The van der Waals surface area contributed by atoms with Crippen molar-refractivity contribution in [1.82, 2.24) is 9.97 Å². The van der Waals surface area contributed by atoms with Gasteiger partial charge in [-0.1, -0.05) is 0 Å². The minimum absolute atomic E-state index is 0.0901. The van der Waals surface area contributed by atoms with Gasteiger partial charge in [0.05, 0.1) is 16.6 Å². The minimum Gasteiger partial charge on any atom is -0.481 e. The molecule has 1 N–H and O–H groups in total. The molecule has 0 fully saturated rings. The third kappa shape index (κ3) is 2.43. The fourth-order valence-corrected chi connectivity index (χ4v) is 2.86.